The molecule has 2 aromatic heterocycles. The number of halogens is 2. The van der Waals surface area contributed by atoms with E-state index in [9.17, 15) is 17.6 Å². The molecule has 2 saturated heterocycles. The molecule has 5 N–H and O–H groups in total. The van der Waals surface area contributed by atoms with Crippen molar-refractivity contribution >= 4 is 83.1 Å². The van der Waals surface area contributed by atoms with Crippen LogP contribution in [0.15, 0.2) is 59.7 Å². The van der Waals surface area contributed by atoms with Gasteiger partial charge in [0.25, 0.3) is 5.91 Å². The molecule has 0 unspecified atom stereocenters. The van der Waals surface area contributed by atoms with Gasteiger partial charge in [0.15, 0.2) is 5.83 Å². The van der Waals surface area contributed by atoms with Gasteiger partial charge in [0.2, 0.25) is 16.0 Å². The van der Waals surface area contributed by atoms with Crippen LogP contribution in [0.5, 0.6) is 5.75 Å². The second kappa shape index (κ2) is 15.1. The number of methoxy groups -OCH3 is 1. The van der Waals surface area contributed by atoms with Crippen molar-refractivity contribution < 1.29 is 22.3 Å². The molecule has 0 bridgehead atoms. The Morgan fingerprint density at radius 3 is 2.48 bits per heavy atom. The number of rotatable bonds is 11. The first-order valence-electron chi connectivity index (χ1n) is 15.8. The molecule has 2 aliphatic rings. The molecule has 0 spiro atoms. The maximum absolute atomic E-state index is 13.9. The Hall–Kier alpha value is -4.65. The van der Waals surface area contributed by atoms with Crippen molar-refractivity contribution in [3.63, 3.8) is 0 Å². The van der Waals surface area contributed by atoms with Gasteiger partial charge in [-0.15, -0.1) is 0 Å². The molecule has 264 valence electrons. The number of carbonyl (C=O) groups excluding carboxylic acids is 1. The molecule has 2 aliphatic heterocycles. The predicted octanol–water partition coefficient (Wildman–Crippen LogP) is 4.35. The molecule has 4 heterocycles. The Morgan fingerprint density at radius 1 is 1.04 bits per heavy atom. The number of piperazine rings is 1. The molecule has 50 heavy (non-hydrogen) atoms. The molecule has 2 aromatic carbocycles. The van der Waals surface area contributed by atoms with Crippen LogP contribution in [0.3, 0.4) is 0 Å². The van der Waals surface area contributed by atoms with Gasteiger partial charge in [-0.1, -0.05) is 6.58 Å². The summed E-state index contributed by atoms with van der Waals surface area (Å²) in [6.45, 7) is 8.63. The summed E-state index contributed by atoms with van der Waals surface area (Å²) in [6, 6.07) is 7.27. The minimum Gasteiger partial charge on any atom is -0.494 e. The highest BCUT2D eigenvalue weighted by molar-refractivity contribution is 9.10. The van der Waals surface area contributed by atoms with Crippen LogP contribution in [-0.2, 0) is 14.8 Å². The number of benzene rings is 2. The summed E-state index contributed by atoms with van der Waals surface area (Å²) >= 11 is 3.46. The standard InChI is InChI=1S/C32H37BrFN11O4S/c1-19(34)31(46)40-24-16-25(27(49-2)17-26(24)45-12-6-20(7-13-45)44-14-10-35-11-15-44)41-32-38-18-21(33)30(42-32)39-23-5-4-22-28(37-9-8-36-22)29(23)43-50(3,47)48/h4-5,8-9,16-18,20,35,43H,1,6-7,10-15H2,2-3H3,(H,40,46)(H2,38,39,41,42). The molecular weight excluding hydrogens is 733 g/mol. The highest BCUT2D eigenvalue weighted by Crippen LogP contribution is 2.40. The quantitative estimate of drug-likeness (QED) is 0.136. The lowest BCUT2D eigenvalue weighted by molar-refractivity contribution is -0.114. The van der Waals surface area contributed by atoms with E-state index < -0.39 is 21.8 Å². The number of hydrogen-bond acceptors (Lipinski definition) is 13. The molecule has 4 aromatic rings. The van der Waals surface area contributed by atoms with E-state index in [-0.39, 0.29) is 11.6 Å². The zero-order valence-electron chi connectivity index (χ0n) is 27.5. The average molecular weight is 771 g/mol. The van der Waals surface area contributed by atoms with Crippen molar-refractivity contribution in [2.24, 2.45) is 0 Å². The van der Waals surface area contributed by atoms with Crippen LogP contribution in [0.2, 0.25) is 0 Å². The van der Waals surface area contributed by atoms with Crippen molar-refractivity contribution in [2.75, 3.05) is 78.2 Å². The highest BCUT2D eigenvalue weighted by Gasteiger charge is 2.28. The number of ether oxygens (including phenoxy) is 1. The third-order valence-electron chi connectivity index (χ3n) is 8.46. The largest absolute Gasteiger partial charge is 0.494 e. The predicted molar refractivity (Wildman–Crippen MR) is 196 cm³/mol. The maximum Gasteiger partial charge on any atom is 0.283 e. The number of amides is 1. The van der Waals surface area contributed by atoms with Gasteiger partial charge in [0.1, 0.15) is 17.1 Å². The molecule has 6 rings (SSSR count). The van der Waals surface area contributed by atoms with E-state index in [4.69, 9.17) is 4.74 Å². The summed E-state index contributed by atoms with van der Waals surface area (Å²) in [4.78, 5) is 34.8. The number of hydrogen-bond donors (Lipinski definition) is 5. The molecule has 0 atom stereocenters. The fraction of sp³-hybridized carbons (Fsp3) is 0.344. The van der Waals surface area contributed by atoms with E-state index >= 15 is 0 Å². The van der Waals surface area contributed by atoms with E-state index in [1.54, 1.807) is 24.3 Å². The lowest BCUT2D eigenvalue weighted by Gasteiger charge is -2.41. The SMILES string of the molecule is C=C(F)C(=O)Nc1cc(Nc2ncc(Br)c(Nc3ccc4nccnc4c3NS(C)(=O)=O)n2)c(OC)cc1N1CCC(N2CCNCC2)CC1. The monoisotopic (exact) mass is 769 g/mol. The molecule has 1 amide bonds. The van der Waals surface area contributed by atoms with Crippen LogP contribution < -0.4 is 35.6 Å². The van der Waals surface area contributed by atoms with Gasteiger partial charge < -0.3 is 30.9 Å². The van der Waals surface area contributed by atoms with Crippen LogP contribution in [0, 0.1) is 0 Å². The molecular formula is C32H37BrFN11O4S. The van der Waals surface area contributed by atoms with Crippen LogP contribution in [0.4, 0.5) is 44.6 Å². The minimum absolute atomic E-state index is 0.143. The number of sulfonamides is 1. The molecule has 18 heteroatoms. The second-order valence-electron chi connectivity index (χ2n) is 11.9. The zero-order valence-corrected chi connectivity index (χ0v) is 29.9. The molecule has 2 fully saturated rings. The number of nitrogens with one attached hydrogen (secondary N) is 5. The lowest BCUT2D eigenvalue weighted by Crippen LogP contribution is -2.52. The van der Waals surface area contributed by atoms with Crippen molar-refractivity contribution in [2.45, 2.75) is 18.9 Å². The van der Waals surface area contributed by atoms with Gasteiger partial charge in [-0.3, -0.25) is 24.4 Å². The van der Waals surface area contributed by atoms with Gasteiger partial charge in [0, 0.05) is 70.0 Å². The molecule has 0 aliphatic carbocycles. The highest BCUT2D eigenvalue weighted by atomic mass is 79.9. The van der Waals surface area contributed by atoms with Crippen molar-refractivity contribution in [1.82, 2.24) is 30.2 Å². The molecule has 0 radical (unpaired) electrons. The van der Waals surface area contributed by atoms with E-state index in [0.29, 0.717) is 55.9 Å². The van der Waals surface area contributed by atoms with Crippen LogP contribution in [-0.4, -0.2) is 97.8 Å². The van der Waals surface area contributed by atoms with E-state index in [1.807, 2.05) is 0 Å². The third-order valence-corrected chi connectivity index (χ3v) is 9.61. The van der Waals surface area contributed by atoms with Gasteiger partial charge in [-0.05, 0) is 47.0 Å². The first-order valence-corrected chi connectivity index (χ1v) is 18.5. The Bertz CT molecular complexity index is 2020. The number of carbonyl (C=O) groups is 1. The number of anilines is 7. The number of fused-ring (bicyclic) bond motifs is 1. The summed E-state index contributed by atoms with van der Waals surface area (Å²) in [6.07, 6.45) is 7.43. The van der Waals surface area contributed by atoms with E-state index in [1.165, 1.54) is 25.7 Å². The Kier molecular flexibility index (Phi) is 10.6. The fourth-order valence-electron chi connectivity index (χ4n) is 6.10. The van der Waals surface area contributed by atoms with E-state index in [0.717, 1.165) is 58.4 Å². The lowest BCUT2D eigenvalue weighted by atomic mass is 10.0. The topological polar surface area (TPSA) is 179 Å². The van der Waals surface area contributed by atoms with Crippen LogP contribution in [0.25, 0.3) is 11.0 Å². The summed E-state index contributed by atoms with van der Waals surface area (Å²) < 4.78 is 47.2. The number of nitrogens with zero attached hydrogens (tertiary/aromatic N) is 6. The van der Waals surface area contributed by atoms with Gasteiger partial charge in [0.05, 0.1) is 51.8 Å². The van der Waals surface area contributed by atoms with E-state index in [2.05, 4.69) is 78.2 Å². The normalized spacial score (nSPS) is 15.8. The summed E-state index contributed by atoms with van der Waals surface area (Å²) in [5, 5.41) is 12.3. The van der Waals surface area contributed by atoms with Crippen LogP contribution >= 0.6 is 15.9 Å². The van der Waals surface area contributed by atoms with Crippen LogP contribution in [0.1, 0.15) is 12.8 Å². The minimum atomic E-state index is -3.68. The van der Waals surface area contributed by atoms with Crippen molar-refractivity contribution in [3.8, 4) is 5.75 Å². The first-order chi connectivity index (χ1) is 24.0. The van der Waals surface area contributed by atoms with Crippen molar-refractivity contribution in [1.29, 1.82) is 0 Å². The Labute approximate surface area is 297 Å². The maximum atomic E-state index is 13.9. The Balaban J connectivity index is 1.29. The van der Waals surface area contributed by atoms with Gasteiger partial charge in [-0.25, -0.2) is 17.8 Å². The first kappa shape index (κ1) is 35.2. The molecule has 15 nitrogen and oxygen atoms in total. The smallest absolute Gasteiger partial charge is 0.283 e. The van der Waals surface area contributed by atoms with Gasteiger partial charge in [-0.2, -0.15) is 4.98 Å². The number of aromatic nitrogens is 4. The third kappa shape index (κ3) is 8.20. The summed E-state index contributed by atoms with van der Waals surface area (Å²) in [5.41, 5.74) is 2.85. The van der Waals surface area contributed by atoms with Gasteiger partial charge >= 0.3 is 0 Å². The molecule has 0 saturated carbocycles. The fourth-order valence-corrected chi connectivity index (χ4v) is 6.97. The Morgan fingerprint density at radius 2 is 1.78 bits per heavy atom. The zero-order chi connectivity index (χ0) is 35.4. The van der Waals surface area contributed by atoms with Crippen molar-refractivity contribution in [3.05, 3.63) is 59.7 Å². The summed E-state index contributed by atoms with van der Waals surface area (Å²) in [7, 11) is -2.16. The number of piperidine rings is 1. The second-order valence-corrected chi connectivity index (χ2v) is 14.5. The average Bonchev–Trinajstić information content (AvgIpc) is 3.10. The summed E-state index contributed by atoms with van der Waals surface area (Å²) in [5.74, 6) is -1.19.